The maximum atomic E-state index is 10.4. The molecule has 154 valence electrons. The normalized spacial score (nSPS) is 18.2. The van der Waals surface area contributed by atoms with E-state index < -0.39 is 6.17 Å². The summed E-state index contributed by atoms with van der Waals surface area (Å²) in [4.78, 5) is 2.39. The molecule has 29 heavy (non-hydrogen) atoms. The van der Waals surface area contributed by atoms with Gasteiger partial charge in [-0.1, -0.05) is 12.8 Å². The van der Waals surface area contributed by atoms with E-state index in [1.807, 2.05) is 12.1 Å². The van der Waals surface area contributed by atoms with Gasteiger partial charge in [0.05, 0.1) is 0 Å². The van der Waals surface area contributed by atoms with E-state index in [-0.39, 0.29) is 11.7 Å². The summed E-state index contributed by atoms with van der Waals surface area (Å²) in [7, 11) is 0. The van der Waals surface area contributed by atoms with E-state index >= 15 is 0 Å². The molecule has 1 saturated heterocycles. The molecule has 6 heteroatoms. The Morgan fingerprint density at radius 3 is 2.38 bits per heavy atom. The van der Waals surface area contributed by atoms with Crippen LogP contribution in [0.15, 0.2) is 36.4 Å². The molecular formula is C23H31N5O. The number of hydrogen-bond donors (Lipinski definition) is 5. The first-order valence-corrected chi connectivity index (χ1v) is 10.6. The Kier molecular flexibility index (Phi) is 5.62. The predicted octanol–water partition coefficient (Wildman–Crippen LogP) is 4.20. The van der Waals surface area contributed by atoms with E-state index in [0.717, 1.165) is 44.5 Å². The van der Waals surface area contributed by atoms with Crippen LogP contribution in [0, 0.1) is 11.3 Å². The van der Waals surface area contributed by atoms with Crippen molar-refractivity contribution in [2.75, 3.05) is 29.0 Å². The van der Waals surface area contributed by atoms with Crippen molar-refractivity contribution >= 4 is 22.8 Å². The Hall–Kier alpha value is -2.73. The van der Waals surface area contributed by atoms with E-state index in [9.17, 15) is 5.11 Å². The van der Waals surface area contributed by atoms with Gasteiger partial charge in [-0.05, 0) is 56.0 Å². The molecule has 0 radical (unpaired) electrons. The Labute approximate surface area is 172 Å². The molecule has 0 spiro atoms. The quantitative estimate of drug-likeness (QED) is 0.287. The predicted molar refractivity (Wildman–Crippen MR) is 120 cm³/mol. The Morgan fingerprint density at radius 1 is 1.07 bits per heavy atom. The fourth-order valence-corrected chi connectivity index (χ4v) is 4.54. The van der Waals surface area contributed by atoms with Gasteiger partial charge >= 0.3 is 0 Å². The van der Waals surface area contributed by atoms with Gasteiger partial charge in [0.15, 0.2) is 0 Å². The van der Waals surface area contributed by atoms with Crippen LogP contribution in [0.3, 0.4) is 0 Å². The number of nitrogens with two attached hydrogens (primary N) is 2. The monoisotopic (exact) mass is 393 g/mol. The molecule has 1 unspecified atom stereocenters. The third kappa shape index (κ3) is 4.17. The number of phenols is 1. The minimum Gasteiger partial charge on any atom is -0.507 e. The van der Waals surface area contributed by atoms with Gasteiger partial charge in [0.2, 0.25) is 0 Å². The summed E-state index contributed by atoms with van der Waals surface area (Å²) in [6, 6.07) is 11.5. The van der Waals surface area contributed by atoms with Gasteiger partial charge in [-0.3, -0.25) is 0 Å². The molecule has 1 heterocycles. The number of aromatic hydroxyl groups is 1. The number of nitrogens with one attached hydrogen (secondary N) is 2. The van der Waals surface area contributed by atoms with Gasteiger partial charge in [-0.2, -0.15) is 0 Å². The highest BCUT2D eigenvalue weighted by atomic mass is 16.3. The molecular weight excluding hydrogens is 362 g/mol. The van der Waals surface area contributed by atoms with Gasteiger partial charge in [0.25, 0.3) is 0 Å². The summed E-state index contributed by atoms with van der Waals surface area (Å²) in [5.41, 5.74) is 16.8. The van der Waals surface area contributed by atoms with Crippen LogP contribution < -0.4 is 21.7 Å². The molecule has 0 aromatic heterocycles. The van der Waals surface area contributed by atoms with Crippen LogP contribution >= 0.6 is 0 Å². The molecule has 1 aliphatic carbocycles. The van der Waals surface area contributed by atoms with E-state index in [4.69, 9.17) is 16.9 Å². The van der Waals surface area contributed by atoms with Gasteiger partial charge in [0, 0.05) is 59.0 Å². The molecule has 7 N–H and O–H groups in total. The van der Waals surface area contributed by atoms with Crippen LogP contribution in [-0.4, -0.2) is 23.9 Å². The lowest BCUT2D eigenvalue weighted by Gasteiger charge is -2.21. The largest absolute Gasteiger partial charge is 0.507 e. The smallest absolute Gasteiger partial charge is 0.124 e. The van der Waals surface area contributed by atoms with Crippen molar-refractivity contribution in [3.05, 3.63) is 47.5 Å². The average molecular weight is 394 g/mol. The lowest BCUT2D eigenvalue weighted by atomic mass is 9.92. The number of phenolic OH excluding ortho intramolecular Hbond substituents is 1. The van der Waals surface area contributed by atoms with Crippen LogP contribution in [0.1, 0.15) is 55.8 Å². The van der Waals surface area contributed by atoms with Gasteiger partial charge in [0.1, 0.15) is 11.9 Å². The molecule has 2 aromatic carbocycles. The number of nitrogen functional groups attached to an aromatic ring is 1. The third-order valence-corrected chi connectivity index (χ3v) is 6.25. The van der Waals surface area contributed by atoms with Crippen molar-refractivity contribution in [3.8, 4) is 5.75 Å². The first-order chi connectivity index (χ1) is 14.0. The Balaban J connectivity index is 1.51. The van der Waals surface area contributed by atoms with Gasteiger partial charge < -0.3 is 32.2 Å². The topological polar surface area (TPSA) is 111 Å². The van der Waals surface area contributed by atoms with Gasteiger partial charge in [-0.15, -0.1) is 0 Å². The zero-order valence-corrected chi connectivity index (χ0v) is 16.8. The second-order valence-electron chi connectivity index (χ2n) is 8.26. The maximum absolute atomic E-state index is 10.4. The minimum absolute atomic E-state index is 0.0548. The molecule has 1 atom stereocenters. The highest BCUT2D eigenvalue weighted by Gasteiger charge is 2.24. The highest BCUT2D eigenvalue weighted by molar-refractivity contribution is 6.04. The summed E-state index contributed by atoms with van der Waals surface area (Å²) in [6.45, 7) is 2.22. The summed E-state index contributed by atoms with van der Waals surface area (Å²) >= 11 is 0. The molecule has 2 fully saturated rings. The molecule has 6 nitrogen and oxygen atoms in total. The standard InChI is InChI=1S/C23H31N5O/c24-20-14-21(29)19(13-18(20)22(25)15-5-1-2-6-15)23(26)27-16-7-9-17(10-8-16)28-11-3-4-12-28/h7-10,13-15,23,25,27,29H,1-6,11-12,24,26H2. The highest BCUT2D eigenvalue weighted by Crippen LogP contribution is 2.34. The number of nitrogens with zero attached hydrogens (tertiary/aromatic N) is 1. The van der Waals surface area contributed by atoms with Crippen molar-refractivity contribution in [2.45, 2.75) is 44.7 Å². The van der Waals surface area contributed by atoms with E-state index in [2.05, 4.69) is 22.3 Å². The zero-order chi connectivity index (χ0) is 20.4. The Morgan fingerprint density at radius 2 is 1.72 bits per heavy atom. The molecule has 0 bridgehead atoms. The number of rotatable bonds is 6. The molecule has 1 aliphatic heterocycles. The van der Waals surface area contributed by atoms with Crippen molar-refractivity contribution in [2.24, 2.45) is 11.7 Å². The summed E-state index contributed by atoms with van der Waals surface area (Å²) < 4.78 is 0. The van der Waals surface area contributed by atoms with E-state index in [1.54, 1.807) is 6.07 Å². The van der Waals surface area contributed by atoms with Crippen molar-refractivity contribution in [1.29, 1.82) is 5.41 Å². The minimum atomic E-state index is -0.594. The summed E-state index contributed by atoms with van der Waals surface area (Å²) in [6.07, 6.45) is 6.28. The van der Waals surface area contributed by atoms with E-state index in [1.165, 1.54) is 24.6 Å². The van der Waals surface area contributed by atoms with Crippen LogP contribution in [0.25, 0.3) is 0 Å². The fourth-order valence-electron chi connectivity index (χ4n) is 4.54. The third-order valence-electron chi connectivity index (χ3n) is 6.25. The SMILES string of the molecule is N=C(c1cc(C(N)Nc2ccc(N3CCCC3)cc2)c(O)cc1N)C1CCCC1. The summed E-state index contributed by atoms with van der Waals surface area (Å²) in [5, 5.41) is 22.3. The van der Waals surface area contributed by atoms with Crippen LogP contribution in [0.2, 0.25) is 0 Å². The van der Waals surface area contributed by atoms with Gasteiger partial charge in [-0.25, -0.2) is 0 Å². The first kappa shape index (κ1) is 19.6. The molecule has 0 amide bonds. The number of anilines is 3. The molecule has 4 rings (SSSR count). The van der Waals surface area contributed by atoms with Crippen molar-refractivity contribution < 1.29 is 5.11 Å². The lowest BCUT2D eigenvalue weighted by Crippen LogP contribution is -2.22. The number of hydrogen-bond acceptors (Lipinski definition) is 6. The summed E-state index contributed by atoms with van der Waals surface area (Å²) in [5.74, 6) is 0.302. The first-order valence-electron chi connectivity index (χ1n) is 10.6. The van der Waals surface area contributed by atoms with Crippen molar-refractivity contribution in [1.82, 2.24) is 0 Å². The fraction of sp³-hybridized carbons (Fsp3) is 0.435. The van der Waals surface area contributed by atoms with Crippen LogP contribution in [0.5, 0.6) is 5.75 Å². The van der Waals surface area contributed by atoms with Crippen molar-refractivity contribution in [3.63, 3.8) is 0 Å². The second-order valence-corrected chi connectivity index (χ2v) is 8.26. The lowest BCUT2D eigenvalue weighted by molar-refractivity contribution is 0.464. The Bertz CT molecular complexity index is 868. The molecule has 2 aromatic rings. The van der Waals surface area contributed by atoms with E-state index in [0.29, 0.717) is 22.5 Å². The second kappa shape index (κ2) is 8.33. The van der Waals surface area contributed by atoms with Crippen LogP contribution in [0.4, 0.5) is 17.1 Å². The molecule has 1 saturated carbocycles. The average Bonchev–Trinajstić information content (AvgIpc) is 3.42. The molecule has 2 aliphatic rings. The number of benzene rings is 2. The zero-order valence-electron chi connectivity index (χ0n) is 16.8. The maximum Gasteiger partial charge on any atom is 0.124 e. The van der Waals surface area contributed by atoms with Crippen LogP contribution in [-0.2, 0) is 0 Å².